The first-order valence-electron chi connectivity index (χ1n) is 5.91. The third-order valence-electron chi connectivity index (χ3n) is 3.01. The maximum absolute atomic E-state index is 12.6. The molecule has 0 spiro atoms. The molecule has 2 heterocycles. The lowest BCUT2D eigenvalue weighted by molar-refractivity contribution is -0.0884. The molecule has 0 N–H and O–H groups in total. The van der Waals surface area contributed by atoms with Crippen molar-refractivity contribution in [1.82, 2.24) is 9.55 Å². The van der Waals surface area contributed by atoms with E-state index in [0.29, 0.717) is 24.4 Å². The van der Waals surface area contributed by atoms with Crippen molar-refractivity contribution in [3.8, 4) is 0 Å². The summed E-state index contributed by atoms with van der Waals surface area (Å²) in [7, 11) is 1.50. The number of nitrogens with zero attached hydrogens (tertiary/aromatic N) is 2. The van der Waals surface area contributed by atoms with E-state index in [1.54, 1.807) is 11.5 Å². The predicted octanol–water partition coefficient (Wildman–Crippen LogP) is 2.74. The predicted molar refractivity (Wildman–Crippen MR) is 66.7 cm³/mol. The Labute approximate surface area is 113 Å². The Morgan fingerprint density at radius 1 is 1.45 bits per heavy atom. The fraction of sp³-hybridized carbons (Fsp3) is 0.385. The molecule has 4 nitrogen and oxygen atoms in total. The summed E-state index contributed by atoms with van der Waals surface area (Å²) in [5, 5.41) is 0.260. The zero-order valence-corrected chi connectivity index (χ0v) is 11.0. The van der Waals surface area contributed by atoms with Crippen molar-refractivity contribution in [3.63, 3.8) is 0 Å². The molecule has 2 rings (SSSR count). The van der Waals surface area contributed by atoms with Crippen LogP contribution in [0.15, 0.2) is 18.5 Å². The maximum Gasteiger partial charge on any atom is 0.454 e. The van der Waals surface area contributed by atoms with Crippen LogP contribution in [0.5, 0.6) is 0 Å². The normalized spacial score (nSPS) is 12.1. The number of carbonyl (C=O) groups excluding carboxylic acids is 1. The molecule has 0 aromatic carbocycles. The number of ether oxygens (including phenoxy) is 1. The Hall–Kier alpha value is -1.89. The molecule has 0 atom stereocenters. The number of fused-ring (bicyclic) bond motifs is 1. The van der Waals surface area contributed by atoms with Crippen LogP contribution in [-0.2, 0) is 11.3 Å². The second kappa shape index (κ2) is 5.24. The Bertz CT molecular complexity index is 647. The first-order chi connectivity index (χ1) is 9.36. The van der Waals surface area contributed by atoms with Gasteiger partial charge in [-0.2, -0.15) is 13.2 Å². The molecule has 0 aliphatic rings. The van der Waals surface area contributed by atoms with E-state index >= 15 is 0 Å². The summed E-state index contributed by atoms with van der Waals surface area (Å²) in [6, 6.07) is 1.42. The highest BCUT2D eigenvalue weighted by Gasteiger charge is 2.40. The summed E-state index contributed by atoms with van der Waals surface area (Å²) in [4.78, 5) is 15.5. The molecular weight excluding hydrogens is 273 g/mol. The quantitative estimate of drug-likeness (QED) is 0.812. The molecule has 2 aromatic rings. The fourth-order valence-electron chi connectivity index (χ4n) is 2.13. The van der Waals surface area contributed by atoms with Crippen molar-refractivity contribution in [3.05, 3.63) is 29.7 Å². The van der Waals surface area contributed by atoms with Gasteiger partial charge in [0.05, 0.1) is 23.4 Å². The Kier molecular flexibility index (Phi) is 3.80. The van der Waals surface area contributed by atoms with Gasteiger partial charge in [-0.25, -0.2) is 0 Å². The average Bonchev–Trinajstić information content (AvgIpc) is 2.74. The van der Waals surface area contributed by atoms with E-state index < -0.39 is 12.0 Å². The highest BCUT2D eigenvalue weighted by molar-refractivity contribution is 6.10. The van der Waals surface area contributed by atoms with Crippen molar-refractivity contribution >= 4 is 16.7 Å². The topological polar surface area (TPSA) is 44.1 Å². The summed E-state index contributed by atoms with van der Waals surface area (Å²) in [6.07, 6.45) is -2.28. The summed E-state index contributed by atoms with van der Waals surface area (Å²) in [6.45, 7) is 2.37. The molecule has 0 amide bonds. The van der Waals surface area contributed by atoms with Crippen molar-refractivity contribution in [2.45, 2.75) is 19.6 Å². The SMILES string of the molecule is COCCn1cc(C(=O)C(F)(F)F)c2ccnc(C)c21. The minimum Gasteiger partial charge on any atom is -0.383 e. The fourth-order valence-corrected chi connectivity index (χ4v) is 2.13. The smallest absolute Gasteiger partial charge is 0.383 e. The molecule has 7 heteroatoms. The third kappa shape index (κ3) is 2.53. The Morgan fingerprint density at radius 3 is 2.75 bits per heavy atom. The number of methoxy groups -OCH3 is 1. The maximum atomic E-state index is 12.6. The van der Waals surface area contributed by atoms with Crippen LogP contribution < -0.4 is 0 Å². The lowest BCUT2D eigenvalue weighted by Gasteiger charge is -2.05. The molecule has 0 aliphatic heterocycles. The van der Waals surface area contributed by atoms with Crippen molar-refractivity contribution in [1.29, 1.82) is 0 Å². The average molecular weight is 286 g/mol. The van der Waals surface area contributed by atoms with E-state index in [1.807, 2.05) is 0 Å². The van der Waals surface area contributed by atoms with Crippen LogP contribution in [0.25, 0.3) is 10.9 Å². The summed E-state index contributed by atoms with van der Waals surface area (Å²) >= 11 is 0. The lowest BCUT2D eigenvalue weighted by Crippen LogP contribution is -2.22. The Balaban J connectivity index is 2.62. The standard InChI is InChI=1S/C13H13F3N2O2/c1-8-11-9(3-4-17-8)10(12(19)13(14,15)16)7-18(11)5-6-20-2/h3-4,7H,5-6H2,1-2H3. The lowest BCUT2D eigenvalue weighted by atomic mass is 10.1. The molecule has 108 valence electrons. The number of Topliss-reactive ketones (excluding diaryl/α,β-unsaturated/α-hetero) is 1. The molecule has 0 aliphatic carbocycles. The molecule has 0 fully saturated rings. The van der Waals surface area contributed by atoms with E-state index in [0.717, 1.165) is 0 Å². The third-order valence-corrected chi connectivity index (χ3v) is 3.01. The summed E-state index contributed by atoms with van der Waals surface area (Å²) in [5.41, 5.74) is 0.742. The zero-order chi connectivity index (χ0) is 14.9. The van der Waals surface area contributed by atoms with Crippen LogP contribution >= 0.6 is 0 Å². The van der Waals surface area contributed by atoms with Crippen LogP contribution in [0.2, 0.25) is 0 Å². The van der Waals surface area contributed by atoms with Crippen molar-refractivity contribution in [2.75, 3.05) is 13.7 Å². The van der Waals surface area contributed by atoms with E-state index in [4.69, 9.17) is 4.74 Å². The largest absolute Gasteiger partial charge is 0.454 e. The highest BCUT2D eigenvalue weighted by atomic mass is 19.4. The second-order valence-corrected chi connectivity index (χ2v) is 4.35. The van der Waals surface area contributed by atoms with E-state index in [1.165, 1.54) is 25.6 Å². The number of carbonyl (C=O) groups is 1. The van der Waals surface area contributed by atoms with Crippen molar-refractivity contribution < 1.29 is 22.7 Å². The minimum absolute atomic E-state index is 0.260. The number of aryl methyl sites for hydroxylation is 1. The van der Waals surface area contributed by atoms with Gasteiger partial charge in [0.2, 0.25) is 0 Å². The van der Waals surface area contributed by atoms with Gasteiger partial charge in [0.25, 0.3) is 5.78 Å². The molecule has 2 aromatic heterocycles. The van der Waals surface area contributed by atoms with E-state index in [9.17, 15) is 18.0 Å². The van der Waals surface area contributed by atoms with Crippen molar-refractivity contribution in [2.24, 2.45) is 0 Å². The minimum atomic E-state index is -4.89. The van der Waals surface area contributed by atoms with E-state index in [-0.39, 0.29) is 10.9 Å². The molecule has 0 saturated heterocycles. The second-order valence-electron chi connectivity index (χ2n) is 4.35. The first-order valence-corrected chi connectivity index (χ1v) is 5.91. The number of pyridine rings is 1. The number of halogens is 3. The monoisotopic (exact) mass is 286 g/mol. The number of rotatable bonds is 4. The number of ketones is 1. The Morgan fingerprint density at radius 2 is 2.15 bits per heavy atom. The summed E-state index contributed by atoms with van der Waals surface area (Å²) in [5.74, 6) is -1.84. The van der Waals surface area contributed by atoms with Crippen LogP contribution in [0, 0.1) is 6.92 Å². The first kappa shape index (κ1) is 14.5. The molecular formula is C13H13F3N2O2. The molecule has 20 heavy (non-hydrogen) atoms. The van der Waals surface area contributed by atoms with Gasteiger partial charge in [0.15, 0.2) is 0 Å². The van der Waals surface area contributed by atoms with E-state index in [2.05, 4.69) is 4.98 Å². The van der Waals surface area contributed by atoms with Crippen LogP contribution in [-0.4, -0.2) is 35.2 Å². The molecule has 0 bridgehead atoms. The van der Waals surface area contributed by atoms with Gasteiger partial charge in [-0.3, -0.25) is 9.78 Å². The number of alkyl halides is 3. The van der Waals surface area contributed by atoms with Crippen LogP contribution in [0.1, 0.15) is 16.1 Å². The number of aromatic nitrogens is 2. The van der Waals surface area contributed by atoms with Crippen LogP contribution in [0.4, 0.5) is 13.2 Å². The molecule has 0 unspecified atom stereocenters. The van der Waals surface area contributed by atoms with Gasteiger partial charge >= 0.3 is 6.18 Å². The molecule has 0 saturated carbocycles. The van der Waals surface area contributed by atoms with Gasteiger partial charge < -0.3 is 9.30 Å². The van der Waals surface area contributed by atoms with Gasteiger partial charge in [-0.05, 0) is 13.0 Å². The van der Waals surface area contributed by atoms with Crippen LogP contribution in [0.3, 0.4) is 0 Å². The van der Waals surface area contributed by atoms with Gasteiger partial charge in [0, 0.05) is 31.4 Å². The highest BCUT2D eigenvalue weighted by Crippen LogP contribution is 2.29. The van der Waals surface area contributed by atoms with Gasteiger partial charge in [-0.1, -0.05) is 0 Å². The van der Waals surface area contributed by atoms with Gasteiger partial charge in [-0.15, -0.1) is 0 Å². The number of hydrogen-bond donors (Lipinski definition) is 0. The summed E-state index contributed by atoms with van der Waals surface area (Å²) < 4.78 is 44.4. The number of hydrogen-bond acceptors (Lipinski definition) is 3. The van der Waals surface area contributed by atoms with Gasteiger partial charge in [0.1, 0.15) is 0 Å². The molecule has 0 radical (unpaired) electrons. The zero-order valence-electron chi connectivity index (χ0n) is 11.0.